The zero-order chi connectivity index (χ0) is 11.3. The van der Waals surface area contributed by atoms with E-state index in [1.165, 1.54) is 0 Å². The van der Waals surface area contributed by atoms with Crippen molar-refractivity contribution >= 4 is 35.3 Å². The first-order valence-corrected chi connectivity index (χ1v) is 5.32. The maximum absolute atomic E-state index is 11.6. The summed E-state index contributed by atoms with van der Waals surface area (Å²) in [5.41, 5.74) is 0.537. The molecule has 0 aliphatic heterocycles. The zero-order valence-electron chi connectivity index (χ0n) is 8.00. The molecule has 1 rings (SSSR count). The maximum atomic E-state index is 11.6. The number of halogens is 2. The van der Waals surface area contributed by atoms with Crippen LogP contribution >= 0.6 is 23.2 Å². The second-order valence-electron chi connectivity index (χ2n) is 3.11. The number of hydrogen-bond acceptors (Lipinski definition) is 2. The van der Waals surface area contributed by atoms with Gasteiger partial charge in [-0.3, -0.25) is 4.79 Å². The fourth-order valence-electron chi connectivity index (χ4n) is 1.16. The van der Waals surface area contributed by atoms with Crippen LogP contribution in [0.1, 0.15) is 29.6 Å². The highest BCUT2D eigenvalue weighted by molar-refractivity contribution is 6.42. The fraction of sp³-hybridized carbons (Fsp3) is 0.273. The van der Waals surface area contributed by atoms with Crippen LogP contribution in [0.15, 0.2) is 18.2 Å². The first-order chi connectivity index (χ1) is 7.15. The van der Waals surface area contributed by atoms with Crippen LogP contribution in [-0.4, -0.2) is 12.1 Å². The van der Waals surface area contributed by atoms with Crippen LogP contribution in [0.4, 0.5) is 0 Å². The van der Waals surface area contributed by atoms with Gasteiger partial charge in [-0.15, -0.1) is 0 Å². The number of hydrogen-bond donors (Lipinski definition) is 0. The van der Waals surface area contributed by atoms with Crippen molar-refractivity contribution in [1.82, 2.24) is 0 Å². The van der Waals surface area contributed by atoms with Gasteiger partial charge in [-0.25, -0.2) is 0 Å². The number of Topliss-reactive ketones (excluding diaryl/α,β-unsaturated/α-hetero) is 1. The highest BCUT2D eigenvalue weighted by atomic mass is 35.5. The Morgan fingerprint density at radius 3 is 2.60 bits per heavy atom. The summed E-state index contributed by atoms with van der Waals surface area (Å²) in [5.74, 6) is -0.0181. The molecular weight excluding hydrogens is 235 g/mol. The van der Waals surface area contributed by atoms with Gasteiger partial charge in [-0.05, 0) is 24.6 Å². The maximum Gasteiger partial charge on any atom is 0.162 e. The van der Waals surface area contributed by atoms with Crippen LogP contribution < -0.4 is 0 Å². The van der Waals surface area contributed by atoms with Crippen LogP contribution in [0.5, 0.6) is 0 Å². The average molecular weight is 245 g/mol. The number of unbranched alkanes of at least 4 members (excludes halogenated alkanes) is 1. The predicted octanol–water partition coefficient (Wildman–Crippen LogP) is 3.55. The monoisotopic (exact) mass is 244 g/mol. The molecule has 0 bridgehead atoms. The standard InChI is InChI=1S/C11H10Cl2O2/c12-9-5-4-8(7-10(9)13)11(15)3-1-2-6-14/h4-7H,1-3H2. The van der Waals surface area contributed by atoms with Crippen LogP contribution in [0.25, 0.3) is 0 Å². The minimum absolute atomic E-state index is 0.0181. The summed E-state index contributed by atoms with van der Waals surface area (Å²) < 4.78 is 0. The SMILES string of the molecule is O=CCCCC(=O)c1ccc(Cl)c(Cl)c1. The van der Waals surface area contributed by atoms with Crippen LogP contribution in [0.3, 0.4) is 0 Å². The summed E-state index contributed by atoms with van der Waals surface area (Å²) in [5, 5.41) is 0.805. The van der Waals surface area contributed by atoms with Gasteiger partial charge in [-0.2, -0.15) is 0 Å². The minimum Gasteiger partial charge on any atom is -0.303 e. The van der Waals surface area contributed by atoms with E-state index in [0.29, 0.717) is 34.9 Å². The molecule has 0 saturated heterocycles. The first-order valence-electron chi connectivity index (χ1n) is 4.57. The molecule has 0 fully saturated rings. The van der Waals surface area contributed by atoms with E-state index in [4.69, 9.17) is 23.2 Å². The van der Waals surface area contributed by atoms with Gasteiger partial charge in [0.1, 0.15) is 6.29 Å². The average Bonchev–Trinajstić information content (AvgIpc) is 2.22. The largest absolute Gasteiger partial charge is 0.303 e. The number of carbonyl (C=O) groups excluding carboxylic acids is 2. The zero-order valence-corrected chi connectivity index (χ0v) is 9.52. The van der Waals surface area contributed by atoms with Gasteiger partial charge in [-0.1, -0.05) is 23.2 Å². The molecule has 0 aliphatic carbocycles. The van der Waals surface area contributed by atoms with Crippen LogP contribution in [-0.2, 0) is 4.79 Å². The summed E-state index contributed by atoms with van der Waals surface area (Å²) in [6, 6.07) is 4.78. The van der Waals surface area contributed by atoms with Crippen LogP contribution in [0.2, 0.25) is 10.0 Å². The Bertz CT molecular complexity index is 375. The first kappa shape index (κ1) is 12.2. The Hall–Kier alpha value is -0.860. The molecule has 1 aromatic carbocycles. The predicted molar refractivity (Wildman–Crippen MR) is 60.7 cm³/mol. The van der Waals surface area contributed by atoms with E-state index in [-0.39, 0.29) is 5.78 Å². The molecule has 0 amide bonds. The number of aldehydes is 1. The quantitative estimate of drug-likeness (QED) is 0.451. The van der Waals surface area contributed by atoms with E-state index in [0.717, 1.165) is 6.29 Å². The number of rotatable bonds is 5. The van der Waals surface area contributed by atoms with Gasteiger partial charge in [0.05, 0.1) is 10.0 Å². The molecule has 0 N–H and O–H groups in total. The van der Waals surface area contributed by atoms with Crippen molar-refractivity contribution < 1.29 is 9.59 Å². The molecular formula is C11H10Cl2O2. The molecule has 0 heterocycles. The molecule has 15 heavy (non-hydrogen) atoms. The van der Waals surface area contributed by atoms with Crippen molar-refractivity contribution in [2.24, 2.45) is 0 Å². The lowest BCUT2D eigenvalue weighted by atomic mass is 10.1. The van der Waals surface area contributed by atoms with Crippen molar-refractivity contribution in [1.29, 1.82) is 0 Å². The lowest BCUT2D eigenvalue weighted by Crippen LogP contribution is -1.98. The summed E-state index contributed by atoms with van der Waals surface area (Å²) in [6.07, 6.45) is 2.15. The van der Waals surface area contributed by atoms with Crippen LogP contribution in [0, 0.1) is 0 Å². The number of carbonyl (C=O) groups is 2. The topological polar surface area (TPSA) is 34.1 Å². The summed E-state index contributed by atoms with van der Waals surface area (Å²) >= 11 is 11.5. The molecule has 0 aliphatic rings. The Labute approximate surface area is 98.2 Å². The molecule has 0 spiro atoms. The van der Waals surface area contributed by atoms with Gasteiger partial charge >= 0.3 is 0 Å². The fourth-order valence-corrected chi connectivity index (χ4v) is 1.46. The lowest BCUT2D eigenvalue weighted by Gasteiger charge is -2.01. The third-order valence-corrected chi connectivity index (χ3v) is 2.71. The Balaban J connectivity index is 2.65. The van der Waals surface area contributed by atoms with Gasteiger partial charge in [0.15, 0.2) is 5.78 Å². The van der Waals surface area contributed by atoms with E-state index in [1.54, 1.807) is 18.2 Å². The molecule has 0 radical (unpaired) electrons. The molecule has 0 unspecified atom stereocenters. The van der Waals surface area contributed by atoms with Gasteiger partial charge in [0.2, 0.25) is 0 Å². The summed E-state index contributed by atoms with van der Waals surface area (Å²) in [6.45, 7) is 0. The molecule has 2 nitrogen and oxygen atoms in total. The Morgan fingerprint density at radius 1 is 1.27 bits per heavy atom. The smallest absolute Gasteiger partial charge is 0.162 e. The number of benzene rings is 1. The van der Waals surface area contributed by atoms with Crippen molar-refractivity contribution in [3.8, 4) is 0 Å². The van der Waals surface area contributed by atoms with Crippen molar-refractivity contribution in [3.05, 3.63) is 33.8 Å². The minimum atomic E-state index is -0.0181. The molecule has 0 aromatic heterocycles. The highest BCUT2D eigenvalue weighted by Crippen LogP contribution is 2.23. The van der Waals surface area contributed by atoms with E-state index >= 15 is 0 Å². The number of ketones is 1. The van der Waals surface area contributed by atoms with Crippen molar-refractivity contribution in [2.75, 3.05) is 0 Å². The second-order valence-corrected chi connectivity index (χ2v) is 3.93. The third kappa shape index (κ3) is 3.65. The molecule has 0 atom stereocenters. The summed E-state index contributed by atoms with van der Waals surface area (Å²) in [7, 11) is 0. The summed E-state index contributed by atoms with van der Waals surface area (Å²) in [4.78, 5) is 21.6. The molecule has 1 aromatic rings. The molecule has 0 saturated carbocycles. The van der Waals surface area contributed by atoms with Gasteiger partial charge in [0, 0.05) is 18.4 Å². The van der Waals surface area contributed by atoms with Crippen molar-refractivity contribution in [2.45, 2.75) is 19.3 Å². The molecule has 80 valence electrons. The van der Waals surface area contributed by atoms with Gasteiger partial charge in [0.25, 0.3) is 0 Å². The van der Waals surface area contributed by atoms with Gasteiger partial charge < -0.3 is 4.79 Å². The van der Waals surface area contributed by atoms with E-state index in [1.807, 2.05) is 0 Å². The van der Waals surface area contributed by atoms with E-state index in [9.17, 15) is 9.59 Å². The second kappa shape index (κ2) is 5.89. The highest BCUT2D eigenvalue weighted by Gasteiger charge is 2.07. The van der Waals surface area contributed by atoms with E-state index < -0.39 is 0 Å². The third-order valence-electron chi connectivity index (χ3n) is 1.97. The Morgan fingerprint density at radius 2 is 2.00 bits per heavy atom. The lowest BCUT2D eigenvalue weighted by molar-refractivity contribution is -0.107. The Kier molecular flexibility index (Phi) is 4.79. The van der Waals surface area contributed by atoms with Crippen molar-refractivity contribution in [3.63, 3.8) is 0 Å². The molecule has 4 heteroatoms. The normalized spacial score (nSPS) is 10.0. The van der Waals surface area contributed by atoms with E-state index in [2.05, 4.69) is 0 Å².